The Kier molecular flexibility index (Phi) is 6.80. The van der Waals surface area contributed by atoms with Crippen molar-refractivity contribution in [3.63, 3.8) is 0 Å². The summed E-state index contributed by atoms with van der Waals surface area (Å²) in [6.45, 7) is 6.36. The molecule has 1 fully saturated rings. The van der Waals surface area contributed by atoms with Crippen LogP contribution in [-0.2, 0) is 9.53 Å². The van der Waals surface area contributed by atoms with E-state index in [0.29, 0.717) is 6.54 Å². The van der Waals surface area contributed by atoms with Crippen molar-refractivity contribution in [1.29, 1.82) is 0 Å². The maximum Gasteiger partial charge on any atom is 0.328 e. The first kappa shape index (κ1) is 13.2. The van der Waals surface area contributed by atoms with Gasteiger partial charge in [0.15, 0.2) is 0 Å². The van der Waals surface area contributed by atoms with E-state index in [2.05, 4.69) is 10.2 Å². The van der Waals surface area contributed by atoms with Crippen LogP contribution in [0, 0.1) is 0 Å². The lowest BCUT2D eigenvalue weighted by molar-refractivity contribution is -0.131. The molecule has 1 rings (SSSR count). The normalized spacial score (nSPS) is 18.0. The summed E-state index contributed by atoms with van der Waals surface area (Å²) in [5.74, 6) is -0.893. The number of nitrogens with zero attached hydrogens (tertiary/aromatic N) is 1. The standard InChI is InChI=1S/C11H20N2O3/c14-11(15)3-1-4-12-5-2-6-13-7-9-16-10-8-13/h1,3,12H,2,4-10H2,(H,14,15)/b3-1+. The number of nitrogens with one attached hydrogen (secondary N) is 1. The molecule has 1 heterocycles. The van der Waals surface area contributed by atoms with Crippen LogP contribution in [0.4, 0.5) is 0 Å². The second-order valence-corrected chi connectivity index (χ2v) is 3.75. The van der Waals surface area contributed by atoms with Crippen molar-refractivity contribution in [3.8, 4) is 0 Å². The molecule has 92 valence electrons. The largest absolute Gasteiger partial charge is 0.478 e. The molecule has 1 aliphatic rings. The van der Waals surface area contributed by atoms with E-state index in [1.165, 1.54) is 0 Å². The van der Waals surface area contributed by atoms with Gasteiger partial charge in [-0.25, -0.2) is 4.79 Å². The van der Waals surface area contributed by atoms with E-state index >= 15 is 0 Å². The molecule has 2 N–H and O–H groups in total. The molecule has 0 atom stereocenters. The molecule has 1 aliphatic heterocycles. The third-order valence-corrected chi connectivity index (χ3v) is 2.45. The van der Waals surface area contributed by atoms with Gasteiger partial charge in [0.1, 0.15) is 0 Å². The Hall–Kier alpha value is -0.910. The Morgan fingerprint density at radius 3 is 2.88 bits per heavy atom. The van der Waals surface area contributed by atoms with E-state index in [9.17, 15) is 4.79 Å². The van der Waals surface area contributed by atoms with Gasteiger partial charge in [-0.15, -0.1) is 0 Å². The number of morpholine rings is 1. The highest BCUT2D eigenvalue weighted by Gasteiger charge is 2.08. The molecule has 0 amide bonds. The van der Waals surface area contributed by atoms with Crippen LogP contribution in [0.25, 0.3) is 0 Å². The highest BCUT2D eigenvalue weighted by Crippen LogP contribution is 1.96. The van der Waals surface area contributed by atoms with E-state index in [0.717, 1.165) is 51.9 Å². The second kappa shape index (κ2) is 8.27. The SMILES string of the molecule is O=C(O)/C=C/CNCCCN1CCOCC1. The van der Waals surface area contributed by atoms with Crippen molar-refractivity contribution in [1.82, 2.24) is 10.2 Å². The zero-order valence-electron chi connectivity index (χ0n) is 9.52. The van der Waals surface area contributed by atoms with E-state index in [4.69, 9.17) is 9.84 Å². The molecule has 5 heteroatoms. The molecular weight excluding hydrogens is 208 g/mol. The fourth-order valence-corrected chi connectivity index (χ4v) is 1.60. The van der Waals surface area contributed by atoms with Crippen LogP contribution in [0.3, 0.4) is 0 Å². The minimum atomic E-state index is -0.893. The summed E-state index contributed by atoms with van der Waals surface area (Å²) in [4.78, 5) is 12.5. The van der Waals surface area contributed by atoms with Crippen LogP contribution in [0.5, 0.6) is 0 Å². The van der Waals surface area contributed by atoms with Gasteiger partial charge < -0.3 is 15.2 Å². The first-order valence-electron chi connectivity index (χ1n) is 5.69. The molecule has 0 spiro atoms. The number of ether oxygens (including phenoxy) is 1. The molecule has 5 nitrogen and oxygen atoms in total. The lowest BCUT2D eigenvalue weighted by Crippen LogP contribution is -2.37. The van der Waals surface area contributed by atoms with E-state index < -0.39 is 5.97 Å². The quantitative estimate of drug-likeness (QED) is 0.472. The van der Waals surface area contributed by atoms with Crippen molar-refractivity contribution in [3.05, 3.63) is 12.2 Å². The summed E-state index contributed by atoms with van der Waals surface area (Å²) in [5, 5.41) is 11.5. The van der Waals surface area contributed by atoms with Gasteiger partial charge in [0.05, 0.1) is 13.2 Å². The van der Waals surface area contributed by atoms with Gasteiger partial charge in [-0.3, -0.25) is 4.90 Å². The average Bonchev–Trinajstić information content (AvgIpc) is 2.29. The molecule has 1 saturated heterocycles. The minimum absolute atomic E-state index is 0.620. The second-order valence-electron chi connectivity index (χ2n) is 3.75. The molecule has 0 aliphatic carbocycles. The van der Waals surface area contributed by atoms with Crippen molar-refractivity contribution in [2.75, 3.05) is 45.9 Å². The number of hydrogen-bond acceptors (Lipinski definition) is 4. The van der Waals surface area contributed by atoms with E-state index in [1.807, 2.05) is 0 Å². The summed E-state index contributed by atoms with van der Waals surface area (Å²) in [5.41, 5.74) is 0. The van der Waals surface area contributed by atoms with Crippen molar-refractivity contribution >= 4 is 5.97 Å². The van der Waals surface area contributed by atoms with Crippen molar-refractivity contribution in [2.24, 2.45) is 0 Å². The van der Waals surface area contributed by atoms with Gasteiger partial charge >= 0.3 is 5.97 Å². The number of rotatable bonds is 7. The smallest absolute Gasteiger partial charge is 0.328 e. The molecule has 16 heavy (non-hydrogen) atoms. The fourth-order valence-electron chi connectivity index (χ4n) is 1.60. The van der Waals surface area contributed by atoms with Gasteiger partial charge in [0.2, 0.25) is 0 Å². The number of hydrogen-bond donors (Lipinski definition) is 2. The Morgan fingerprint density at radius 2 is 2.19 bits per heavy atom. The van der Waals surface area contributed by atoms with Gasteiger partial charge in [-0.05, 0) is 19.5 Å². The molecule has 0 bridgehead atoms. The van der Waals surface area contributed by atoms with Gasteiger partial charge in [0.25, 0.3) is 0 Å². The molecule has 0 aromatic rings. The van der Waals surface area contributed by atoms with E-state index in [1.54, 1.807) is 6.08 Å². The number of carboxylic acids is 1. The summed E-state index contributed by atoms with van der Waals surface area (Å²) in [6, 6.07) is 0. The minimum Gasteiger partial charge on any atom is -0.478 e. The molecule has 0 aromatic heterocycles. The summed E-state index contributed by atoms with van der Waals surface area (Å²) >= 11 is 0. The third-order valence-electron chi connectivity index (χ3n) is 2.45. The first-order valence-corrected chi connectivity index (χ1v) is 5.69. The first-order chi connectivity index (χ1) is 7.79. The van der Waals surface area contributed by atoms with Crippen LogP contribution in [0.15, 0.2) is 12.2 Å². The Morgan fingerprint density at radius 1 is 1.44 bits per heavy atom. The van der Waals surface area contributed by atoms with E-state index in [-0.39, 0.29) is 0 Å². The summed E-state index contributed by atoms with van der Waals surface area (Å²) < 4.78 is 5.26. The maximum absolute atomic E-state index is 10.2. The van der Waals surface area contributed by atoms with Crippen LogP contribution >= 0.6 is 0 Å². The molecule has 0 saturated carbocycles. The van der Waals surface area contributed by atoms with Crippen LogP contribution in [-0.4, -0.2) is 61.9 Å². The van der Waals surface area contributed by atoms with Crippen molar-refractivity contribution < 1.29 is 14.6 Å². The predicted molar refractivity (Wildman–Crippen MR) is 61.5 cm³/mol. The Labute approximate surface area is 96.1 Å². The number of aliphatic carboxylic acids is 1. The monoisotopic (exact) mass is 228 g/mol. The topological polar surface area (TPSA) is 61.8 Å². The van der Waals surface area contributed by atoms with Gasteiger partial charge in [-0.2, -0.15) is 0 Å². The average molecular weight is 228 g/mol. The van der Waals surface area contributed by atoms with Crippen molar-refractivity contribution in [2.45, 2.75) is 6.42 Å². The zero-order valence-corrected chi connectivity index (χ0v) is 9.52. The van der Waals surface area contributed by atoms with Crippen LogP contribution < -0.4 is 5.32 Å². The molecule has 0 unspecified atom stereocenters. The fraction of sp³-hybridized carbons (Fsp3) is 0.727. The third kappa shape index (κ3) is 6.55. The summed E-state index contributed by atoms with van der Waals surface area (Å²) in [6.07, 6.45) is 3.87. The summed E-state index contributed by atoms with van der Waals surface area (Å²) in [7, 11) is 0. The van der Waals surface area contributed by atoms with Gasteiger partial charge in [0, 0.05) is 25.7 Å². The molecule has 0 radical (unpaired) electrons. The Balaban J connectivity index is 1.89. The lowest BCUT2D eigenvalue weighted by Gasteiger charge is -2.26. The lowest BCUT2D eigenvalue weighted by atomic mass is 10.3. The Bertz CT molecular complexity index is 225. The maximum atomic E-state index is 10.2. The zero-order chi connectivity index (χ0) is 11.6. The highest BCUT2D eigenvalue weighted by molar-refractivity contribution is 5.79. The highest BCUT2D eigenvalue weighted by atomic mass is 16.5. The molecule has 0 aromatic carbocycles. The van der Waals surface area contributed by atoms with Gasteiger partial charge in [-0.1, -0.05) is 6.08 Å². The van der Waals surface area contributed by atoms with Crippen LogP contribution in [0.1, 0.15) is 6.42 Å². The number of carbonyl (C=O) groups is 1. The van der Waals surface area contributed by atoms with Crippen LogP contribution in [0.2, 0.25) is 0 Å². The number of carboxylic acid groups (broad SMARTS) is 1. The molecular formula is C11H20N2O3. The predicted octanol–water partition coefficient (Wildman–Crippen LogP) is -0.0609.